The predicted octanol–water partition coefficient (Wildman–Crippen LogP) is 6.14. The Bertz CT molecular complexity index is 1420. The first-order valence-corrected chi connectivity index (χ1v) is 15.3. The Kier molecular flexibility index (Phi) is 11.9. The number of benzene rings is 2. The van der Waals surface area contributed by atoms with Crippen LogP contribution >= 0.6 is 0 Å². The van der Waals surface area contributed by atoms with Gasteiger partial charge >= 0.3 is 12.1 Å². The van der Waals surface area contributed by atoms with Crippen LogP contribution in [0.4, 0.5) is 26.7 Å². The first kappa shape index (κ1) is 33.4. The molecular weight excluding hydrogens is 572 g/mol. The van der Waals surface area contributed by atoms with Gasteiger partial charge < -0.3 is 25.0 Å². The van der Waals surface area contributed by atoms with Gasteiger partial charge in [-0.05, 0) is 83.0 Å². The van der Waals surface area contributed by atoms with Crippen LogP contribution in [0.3, 0.4) is 0 Å². The zero-order chi connectivity index (χ0) is 32.2. The molecule has 11 nitrogen and oxygen atoms in total. The number of nitrogens with one attached hydrogen (secondary N) is 3. The molecule has 0 bridgehead atoms. The molecule has 0 saturated carbocycles. The molecule has 4 amide bonds. The van der Waals surface area contributed by atoms with Crippen LogP contribution in [-0.2, 0) is 16.0 Å². The molecule has 3 N–H and O–H groups in total. The molecule has 1 saturated heterocycles. The SMILES string of the molecule is Cc1ccc(NC(=O)N(CCCCN2CCOCC2)Cc2ccc(C(=O)Nc3ccccc3NC(=O)OC(C)(C)C)nc2)cc1. The van der Waals surface area contributed by atoms with E-state index >= 15 is 0 Å². The van der Waals surface area contributed by atoms with Crippen molar-refractivity contribution in [1.29, 1.82) is 0 Å². The highest BCUT2D eigenvalue weighted by Crippen LogP contribution is 2.23. The van der Waals surface area contributed by atoms with Gasteiger partial charge in [0, 0.05) is 38.1 Å². The number of hydrogen-bond donors (Lipinski definition) is 3. The third-order valence-corrected chi connectivity index (χ3v) is 7.09. The molecule has 3 aromatic rings. The van der Waals surface area contributed by atoms with Gasteiger partial charge in [-0.1, -0.05) is 35.9 Å². The van der Waals surface area contributed by atoms with Gasteiger partial charge in [0.1, 0.15) is 11.3 Å². The lowest BCUT2D eigenvalue weighted by Gasteiger charge is -2.27. The monoisotopic (exact) mass is 616 g/mol. The van der Waals surface area contributed by atoms with E-state index in [2.05, 4.69) is 25.8 Å². The minimum absolute atomic E-state index is 0.193. The van der Waals surface area contributed by atoms with E-state index in [9.17, 15) is 14.4 Å². The van der Waals surface area contributed by atoms with Crippen molar-refractivity contribution in [2.24, 2.45) is 0 Å². The van der Waals surface area contributed by atoms with Crippen molar-refractivity contribution >= 4 is 35.1 Å². The van der Waals surface area contributed by atoms with E-state index in [-0.39, 0.29) is 11.7 Å². The second-order valence-corrected chi connectivity index (χ2v) is 12.1. The fourth-order valence-corrected chi connectivity index (χ4v) is 4.73. The molecule has 2 heterocycles. The Hall–Kier alpha value is -4.48. The van der Waals surface area contributed by atoms with Gasteiger partial charge in [-0.15, -0.1) is 0 Å². The number of aromatic nitrogens is 1. The fourth-order valence-electron chi connectivity index (χ4n) is 4.73. The van der Waals surface area contributed by atoms with Crippen molar-refractivity contribution in [2.45, 2.75) is 52.7 Å². The van der Waals surface area contributed by atoms with E-state index in [0.717, 1.165) is 62.5 Å². The molecule has 0 unspecified atom stereocenters. The zero-order valence-corrected chi connectivity index (χ0v) is 26.6. The largest absolute Gasteiger partial charge is 0.444 e. The second-order valence-electron chi connectivity index (χ2n) is 12.1. The van der Waals surface area contributed by atoms with Gasteiger partial charge in [-0.3, -0.25) is 20.0 Å². The Morgan fingerprint density at radius 1 is 0.911 bits per heavy atom. The topological polar surface area (TPSA) is 125 Å². The first-order chi connectivity index (χ1) is 21.6. The molecule has 45 heavy (non-hydrogen) atoms. The van der Waals surface area contributed by atoms with Crippen LogP contribution in [0, 0.1) is 6.92 Å². The van der Waals surface area contributed by atoms with Crippen LogP contribution in [0.25, 0.3) is 0 Å². The molecule has 240 valence electrons. The highest BCUT2D eigenvalue weighted by atomic mass is 16.6. The maximum Gasteiger partial charge on any atom is 0.412 e. The van der Waals surface area contributed by atoms with Gasteiger partial charge in [0.05, 0.1) is 24.6 Å². The number of nitrogens with zero attached hydrogens (tertiary/aromatic N) is 3. The van der Waals surface area contributed by atoms with Gasteiger partial charge in [0.15, 0.2) is 0 Å². The summed E-state index contributed by atoms with van der Waals surface area (Å²) in [4.78, 5) is 47.2. The summed E-state index contributed by atoms with van der Waals surface area (Å²) >= 11 is 0. The first-order valence-electron chi connectivity index (χ1n) is 15.3. The average Bonchev–Trinajstić information content (AvgIpc) is 3.00. The van der Waals surface area contributed by atoms with Crippen LogP contribution in [-0.4, -0.2) is 77.8 Å². The molecule has 1 aliphatic heterocycles. The molecular formula is C34H44N6O5. The summed E-state index contributed by atoms with van der Waals surface area (Å²) in [7, 11) is 0. The van der Waals surface area contributed by atoms with Gasteiger partial charge in [-0.25, -0.2) is 9.59 Å². The van der Waals surface area contributed by atoms with E-state index in [1.807, 2.05) is 31.2 Å². The zero-order valence-electron chi connectivity index (χ0n) is 26.6. The van der Waals surface area contributed by atoms with Crippen molar-refractivity contribution in [1.82, 2.24) is 14.8 Å². The minimum Gasteiger partial charge on any atom is -0.444 e. The molecule has 0 radical (unpaired) electrons. The molecule has 11 heteroatoms. The van der Waals surface area contributed by atoms with Crippen LogP contribution in [0.2, 0.25) is 0 Å². The Morgan fingerprint density at radius 3 is 2.24 bits per heavy atom. The van der Waals surface area contributed by atoms with Crippen molar-refractivity contribution in [3.63, 3.8) is 0 Å². The van der Waals surface area contributed by atoms with Crippen LogP contribution in [0.5, 0.6) is 0 Å². The fraction of sp³-hybridized carbons (Fsp3) is 0.412. The van der Waals surface area contributed by atoms with Crippen LogP contribution in [0.1, 0.15) is 55.2 Å². The van der Waals surface area contributed by atoms with E-state index in [1.165, 1.54) is 0 Å². The number of carbonyl (C=O) groups is 3. The Balaban J connectivity index is 1.38. The predicted molar refractivity (Wildman–Crippen MR) is 176 cm³/mol. The molecule has 4 rings (SSSR count). The third kappa shape index (κ3) is 11.2. The number of anilines is 3. The molecule has 1 aliphatic rings. The normalized spacial score (nSPS) is 13.5. The highest BCUT2D eigenvalue weighted by molar-refractivity contribution is 6.05. The smallest absolute Gasteiger partial charge is 0.412 e. The summed E-state index contributed by atoms with van der Waals surface area (Å²) in [6, 6.07) is 17.8. The number of rotatable bonds is 11. The maximum absolute atomic E-state index is 13.3. The quantitative estimate of drug-likeness (QED) is 0.221. The number of hydrogen-bond acceptors (Lipinski definition) is 7. The molecule has 1 aromatic heterocycles. The number of carbonyl (C=O) groups excluding carboxylic acids is 3. The highest BCUT2D eigenvalue weighted by Gasteiger charge is 2.19. The number of para-hydroxylation sites is 2. The van der Waals surface area contributed by atoms with E-state index < -0.39 is 17.6 Å². The molecule has 0 spiro atoms. The second kappa shape index (κ2) is 16.0. The summed E-state index contributed by atoms with van der Waals surface area (Å²) in [5, 5.41) is 8.49. The minimum atomic E-state index is -0.659. The van der Waals surface area contributed by atoms with E-state index in [1.54, 1.807) is 68.3 Å². The van der Waals surface area contributed by atoms with E-state index in [0.29, 0.717) is 24.5 Å². The number of morpholine rings is 1. The van der Waals surface area contributed by atoms with Gasteiger partial charge in [-0.2, -0.15) is 0 Å². The maximum atomic E-state index is 13.3. The van der Waals surface area contributed by atoms with Crippen molar-refractivity contribution in [3.8, 4) is 0 Å². The average molecular weight is 617 g/mol. The Morgan fingerprint density at radius 2 is 1.60 bits per heavy atom. The molecule has 1 fully saturated rings. The number of pyridine rings is 1. The number of aryl methyl sites for hydroxylation is 1. The lowest BCUT2D eigenvalue weighted by Crippen LogP contribution is -2.38. The lowest BCUT2D eigenvalue weighted by atomic mass is 10.2. The van der Waals surface area contributed by atoms with E-state index in [4.69, 9.17) is 9.47 Å². The number of ether oxygens (including phenoxy) is 2. The van der Waals surface area contributed by atoms with Crippen molar-refractivity contribution in [2.75, 3.05) is 55.3 Å². The third-order valence-electron chi connectivity index (χ3n) is 7.09. The van der Waals surface area contributed by atoms with Crippen LogP contribution in [0.15, 0.2) is 66.9 Å². The Labute approximate surface area is 265 Å². The lowest BCUT2D eigenvalue weighted by molar-refractivity contribution is 0.0370. The number of urea groups is 1. The summed E-state index contributed by atoms with van der Waals surface area (Å²) in [6.45, 7) is 12.6. The van der Waals surface area contributed by atoms with Gasteiger partial charge in [0.2, 0.25) is 0 Å². The van der Waals surface area contributed by atoms with Crippen LogP contribution < -0.4 is 16.0 Å². The molecule has 0 atom stereocenters. The summed E-state index contributed by atoms with van der Waals surface area (Å²) in [6.07, 6.45) is 2.81. The summed E-state index contributed by atoms with van der Waals surface area (Å²) in [5.74, 6) is -0.433. The van der Waals surface area contributed by atoms with Crippen molar-refractivity contribution in [3.05, 3.63) is 83.7 Å². The summed E-state index contributed by atoms with van der Waals surface area (Å²) in [5.41, 5.74) is 3.00. The standard InChI is InChI=1S/C34H44N6O5/c1-25-11-14-27(15-12-25)36-32(42)40(18-8-7-17-39-19-21-44-22-20-39)24-26-13-16-30(35-23-26)31(41)37-28-9-5-6-10-29(28)38-33(43)45-34(2,3)4/h5-6,9-16,23H,7-8,17-22,24H2,1-4H3,(H,36,42)(H,37,41)(H,38,43). The molecule has 0 aliphatic carbocycles. The summed E-state index contributed by atoms with van der Waals surface area (Å²) < 4.78 is 10.8. The molecule has 2 aromatic carbocycles. The van der Waals surface area contributed by atoms with Gasteiger partial charge in [0.25, 0.3) is 5.91 Å². The number of amides is 4. The number of unbranched alkanes of at least 4 members (excludes halogenated alkanes) is 1. The van der Waals surface area contributed by atoms with Crippen molar-refractivity contribution < 1.29 is 23.9 Å².